The second kappa shape index (κ2) is 9.28. The van der Waals surface area contributed by atoms with E-state index in [0.717, 1.165) is 24.2 Å². The van der Waals surface area contributed by atoms with Crippen LogP contribution < -0.4 is 10.6 Å². The van der Waals surface area contributed by atoms with Crippen LogP contribution in [0.5, 0.6) is 0 Å². The van der Waals surface area contributed by atoms with Gasteiger partial charge in [0.25, 0.3) is 0 Å². The highest BCUT2D eigenvalue weighted by Crippen LogP contribution is 2.24. The van der Waals surface area contributed by atoms with Gasteiger partial charge in [-0.2, -0.15) is 0 Å². The van der Waals surface area contributed by atoms with Crippen LogP contribution in [0.3, 0.4) is 0 Å². The summed E-state index contributed by atoms with van der Waals surface area (Å²) in [6.07, 6.45) is 0. The first-order valence-electron chi connectivity index (χ1n) is 7.98. The molecule has 1 atom stereocenters. The Morgan fingerprint density at radius 3 is 2.81 bits per heavy atom. The van der Waals surface area contributed by atoms with Gasteiger partial charge < -0.3 is 10.6 Å². The van der Waals surface area contributed by atoms with Crippen molar-refractivity contribution in [3.8, 4) is 0 Å². The number of halogens is 4. The zero-order chi connectivity index (χ0) is 17.8. The van der Waals surface area contributed by atoms with Gasteiger partial charge in [-0.25, -0.2) is 8.78 Å². The van der Waals surface area contributed by atoms with Crippen molar-refractivity contribution in [3.05, 3.63) is 64.7 Å². The van der Waals surface area contributed by atoms with Crippen molar-refractivity contribution in [1.29, 1.82) is 0 Å². The predicted octanol–water partition coefficient (Wildman–Crippen LogP) is 3.63. The van der Waals surface area contributed by atoms with E-state index < -0.39 is 11.6 Å². The van der Waals surface area contributed by atoms with Gasteiger partial charge in [0.05, 0.1) is 12.2 Å². The molecule has 0 spiro atoms. The molecule has 2 aromatic carbocycles. The summed E-state index contributed by atoms with van der Waals surface area (Å²) in [4.78, 5) is 14.3. The monoisotopic (exact) mass is 401 g/mol. The molecule has 3 rings (SSSR count). The summed E-state index contributed by atoms with van der Waals surface area (Å²) in [5.74, 6) is -1.82. The summed E-state index contributed by atoms with van der Waals surface area (Å²) < 4.78 is 26.6. The SMILES string of the molecule is Cl.O=C(CN1CCNCC1c1cccc(Cl)c1)Nc1ccc(F)cc1F. The largest absolute Gasteiger partial charge is 0.322 e. The summed E-state index contributed by atoms with van der Waals surface area (Å²) in [5, 5.41) is 6.44. The van der Waals surface area contributed by atoms with Gasteiger partial charge in [0.2, 0.25) is 5.91 Å². The van der Waals surface area contributed by atoms with Crippen molar-refractivity contribution in [1.82, 2.24) is 10.2 Å². The molecule has 1 aliphatic heterocycles. The summed E-state index contributed by atoms with van der Waals surface area (Å²) in [5.41, 5.74) is 0.987. The van der Waals surface area contributed by atoms with Crippen LogP contribution in [0.15, 0.2) is 42.5 Å². The third-order valence-electron chi connectivity index (χ3n) is 4.14. The van der Waals surface area contributed by atoms with E-state index in [2.05, 4.69) is 10.6 Å². The van der Waals surface area contributed by atoms with Crippen LogP contribution in [0.4, 0.5) is 14.5 Å². The van der Waals surface area contributed by atoms with E-state index in [1.807, 2.05) is 23.1 Å². The van der Waals surface area contributed by atoms with Crippen LogP contribution in [0.25, 0.3) is 0 Å². The minimum absolute atomic E-state index is 0. The topological polar surface area (TPSA) is 44.4 Å². The number of amides is 1. The molecule has 0 aliphatic carbocycles. The summed E-state index contributed by atoms with van der Waals surface area (Å²) in [6.45, 7) is 2.24. The molecule has 0 radical (unpaired) electrons. The Bertz CT molecular complexity index is 776. The molecule has 1 unspecified atom stereocenters. The number of carbonyl (C=O) groups is 1. The summed E-state index contributed by atoms with van der Waals surface area (Å²) in [7, 11) is 0. The molecule has 0 saturated carbocycles. The minimum Gasteiger partial charge on any atom is -0.322 e. The lowest BCUT2D eigenvalue weighted by Crippen LogP contribution is -2.48. The molecule has 140 valence electrons. The number of benzene rings is 2. The maximum Gasteiger partial charge on any atom is 0.238 e. The second-order valence-electron chi connectivity index (χ2n) is 5.92. The van der Waals surface area contributed by atoms with E-state index in [1.54, 1.807) is 6.07 Å². The van der Waals surface area contributed by atoms with Gasteiger partial charge in [0, 0.05) is 36.8 Å². The average molecular weight is 402 g/mol. The van der Waals surface area contributed by atoms with Crippen molar-refractivity contribution < 1.29 is 13.6 Å². The number of carbonyl (C=O) groups excluding carboxylic acids is 1. The van der Waals surface area contributed by atoms with E-state index in [0.29, 0.717) is 18.1 Å². The van der Waals surface area contributed by atoms with Gasteiger partial charge in [-0.1, -0.05) is 23.7 Å². The van der Waals surface area contributed by atoms with Crippen LogP contribution in [-0.2, 0) is 4.79 Å². The predicted molar refractivity (Wildman–Crippen MR) is 101 cm³/mol. The van der Waals surface area contributed by atoms with Crippen molar-refractivity contribution in [2.75, 3.05) is 31.5 Å². The molecular formula is C18H19Cl2F2N3O. The molecule has 1 heterocycles. The second-order valence-corrected chi connectivity index (χ2v) is 6.35. The van der Waals surface area contributed by atoms with Gasteiger partial charge in [-0.15, -0.1) is 12.4 Å². The number of rotatable bonds is 4. The fourth-order valence-electron chi connectivity index (χ4n) is 2.94. The number of nitrogens with one attached hydrogen (secondary N) is 2. The molecule has 0 aromatic heterocycles. The standard InChI is InChI=1S/C18H18ClF2N3O.ClH/c19-13-3-1-2-12(8-13)17-10-22-6-7-24(17)11-18(25)23-16-5-4-14(20)9-15(16)21;/h1-5,8-9,17,22H,6-7,10-11H2,(H,23,25);1H. The highest BCUT2D eigenvalue weighted by molar-refractivity contribution is 6.30. The van der Waals surface area contributed by atoms with E-state index >= 15 is 0 Å². The first kappa shape index (κ1) is 20.6. The molecule has 1 aliphatic rings. The Balaban J connectivity index is 0.00000243. The average Bonchev–Trinajstić information content (AvgIpc) is 2.58. The Hall–Kier alpha value is -1.73. The molecule has 1 amide bonds. The molecule has 2 N–H and O–H groups in total. The van der Waals surface area contributed by atoms with Crippen LogP contribution in [0, 0.1) is 11.6 Å². The highest BCUT2D eigenvalue weighted by Gasteiger charge is 2.25. The Morgan fingerprint density at radius 1 is 1.27 bits per heavy atom. The first-order valence-corrected chi connectivity index (χ1v) is 8.36. The molecule has 0 bridgehead atoms. The lowest BCUT2D eigenvalue weighted by molar-refractivity contribution is -0.118. The summed E-state index contributed by atoms with van der Waals surface area (Å²) in [6, 6.07) is 10.6. The van der Waals surface area contributed by atoms with Gasteiger partial charge >= 0.3 is 0 Å². The smallest absolute Gasteiger partial charge is 0.238 e. The Labute approximate surface area is 161 Å². The zero-order valence-electron chi connectivity index (χ0n) is 13.8. The van der Waals surface area contributed by atoms with Crippen LogP contribution in [0.1, 0.15) is 11.6 Å². The highest BCUT2D eigenvalue weighted by atomic mass is 35.5. The third-order valence-corrected chi connectivity index (χ3v) is 4.37. The molecule has 1 saturated heterocycles. The van der Waals surface area contributed by atoms with Gasteiger partial charge in [-0.05, 0) is 29.8 Å². The van der Waals surface area contributed by atoms with Gasteiger partial charge in [-0.3, -0.25) is 9.69 Å². The van der Waals surface area contributed by atoms with E-state index in [1.165, 1.54) is 6.07 Å². The molecule has 4 nitrogen and oxygen atoms in total. The Morgan fingerprint density at radius 2 is 2.08 bits per heavy atom. The number of nitrogens with zero attached hydrogens (tertiary/aromatic N) is 1. The number of hydrogen-bond donors (Lipinski definition) is 2. The quantitative estimate of drug-likeness (QED) is 0.821. The van der Waals surface area contributed by atoms with Crippen LogP contribution >= 0.6 is 24.0 Å². The maximum absolute atomic E-state index is 13.7. The third kappa shape index (κ3) is 5.14. The molecule has 2 aromatic rings. The molecule has 8 heteroatoms. The van der Waals surface area contributed by atoms with Crippen molar-refractivity contribution in [2.45, 2.75) is 6.04 Å². The van der Waals surface area contributed by atoms with Crippen molar-refractivity contribution >= 4 is 35.6 Å². The van der Waals surface area contributed by atoms with E-state index in [-0.39, 0.29) is 36.6 Å². The minimum atomic E-state index is -0.792. The molecular weight excluding hydrogens is 383 g/mol. The van der Waals surface area contributed by atoms with Crippen LogP contribution in [-0.4, -0.2) is 37.0 Å². The lowest BCUT2D eigenvalue weighted by atomic mass is 10.0. The van der Waals surface area contributed by atoms with E-state index in [9.17, 15) is 13.6 Å². The Kier molecular flexibility index (Phi) is 7.34. The van der Waals surface area contributed by atoms with Gasteiger partial charge in [0.15, 0.2) is 0 Å². The van der Waals surface area contributed by atoms with E-state index in [4.69, 9.17) is 11.6 Å². The maximum atomic E-state index is 13.7. The molecule has 1 fully saturated rings. The fraction of sp³-hybridized carbons (Fsp3) is 0.278. The number of piperazine rings is 1. The number of anilines is 1. The molecule has 26 heavy (non-hydrogen) atoms. The van der Waals surface area contributed by atoms with Gasteiger partial charge in [0.1, 0.15) is 11.6 Å². The normalized spacial score (nSPS) is 17.4. The number of hydrogen-bond acceptors (Lipinski definition) is 3. The summed E-state index contributed by atoms with van der Waals surface area (Å²) >= 11 is 6.06. The van der Waals surface area contributed by atoms with Crippen molar-refractivity contribution in [2.24, 2.45) is 0 Å². The lowest BCUT2D eigenvalue weighted by Gasteiger charge is -2.36. The zero-order valence-corrected chi connectivity index (χ0v) is 15.4. The first-order chi connectivity index (χ1) is 12.0. The van der Waals surface area contributed by atoms with Crippen molar-refractivity contribution in [3.63, 3.8) is 0 Å². The fourth-order valence-corrected chi connectivity index (χ4v) is 3.14. The van der Waals surface area contributed by atoms with Crippen LogP contribution in [0.2, 0.25) is 5.02 Å².